The summed E-state index contributed by atoms with van der Waals surface area (Å²) in [4.78, 5) is 26.9. The van der Waals surface area contributed by atoms with E-state index in [1.165, 1.54) is 0 Å². The molecule has 2 N–H and O–H groups in total. The summed E-state index contributed by atoms with van der Waals surface area (Å²) >= 11 is 0. The number of pyridine rings is 2. The number of anilines is 1. The number of nitrogens with zero attached hydrogens (tertiary/aromatic N) is 3. The van der Waals surface area contributed by atoms with Crippen molar-refractivity contribution in [2.45, 2.75) is 25.4 Å². The van der Waals surface area contributed by atoms with E-state index < -0.39 is 0 Å². The number of fused-ring (bicyclic) bond motifs is 1. The van der Waals surface area contributed by atoms with Crippen LogP contribution in [-0.2, 0) is 4.79 Å². The molecule has 5 rings (SSSR count). The maximum Gasteiger partial charge on any atom is 0.228 e. The minimum atomic E-state index is 0. The van der Waals surface area contributed by atoms with Gasteiger partial charge in [-0.15, -0.1) is 0 Å². The topological polar surface area (TPSA) is 92.4 Å². The number of H-pyrrole nitrogens is 1. The third-order valence-electron chi connectivity index (χ3n) is 5.81. The molecule has 2 aliphatic rings. The number of hydrogen-bond acceptors (Lipinski definition) is 6. The van der Waals surface area contributed by atoms with Crippen LogP contribution in [-0.4, -0.2) is 59.6 Å². The Kier molecular flexibility index (Phi) is 5.02. The molecule has 1 amide bonds. The van der Waals surface area contributed by atoms with Crippen LogP contribution in [0.2, 0.25) is 0 Å². The van der Waals surface area contributed by atoms with Gasteiger partial charge in [-0.25, -0.2) is 9.97 Å². The van der Waals surface area contributed by atoms with Gasteiger partial charge < -0.3 is 24.7 Å². The SMILES string of the molecule is COc1nccc(OC2CC2)c1-c1c[nH]c2nc(NC(=O)[C@@H]3C[C@H]3CN(C)C)ccc12.[HH].[HH]. The van der Waals surface area contributed by atoms with Crippen LogP contribution in [0, 0.1) is 11.8 Å². The summed E-state index contributed by atoms with van der Waals surface area (Å²) in [6.07, 6.45) is 6.91. The largest absolute Gasteiger partial charge is 0.490 e. The summed E-state index contributed by atoms with van der Waals surface area (Å²) in [6, 6.07) is 5.67. The second-order valence-electron chi connectivity index (χ2n) is 8.66. The molecule has 0 saturated heterocycles. The molecule has 166 valence electrons. The Hall–Kier alpha value is -3.13. The second-order valence-corrected chi connectivity index (χ2v) is 8.66. The zero-order chi connectivity index (χ0) is 21.5. The van der Waals surface area contributed by atoms with Gasteiger partial charge in [0.25, 0.3) is 0 Å². The lowest BCUT2D eigenvalue weighted by Crippen LogP contribution is -2.20. The predicted molar refractivity (Wildman–Crippen MR) is 123 cm³/mol. The number of hydrogen-bond donors (Lipinski definition) is 2. The number of aromatic amines is 1. The molecule has 2 atom stereocenters. The number of ether oxygens (including phenoxy) is 2. The van der Waals surface area contributed by atoms with E-state index in [0.29, 0.717) is 23.3 Å². The van der Waals surface area contributed by atoms with Crippen molar-refractivity contribution in [2.24, 2.45) is 11.8 Å². The van der Waals surface area contributed by atoms with Gasteiger partial charge in [0.05, 0.1) is 18.8 Å². The zero-order valence-electron chi connectivity index (χ0n) is 18.0. The summed E-state index contributed by atoms with van der Waals surface area (Å²) in [5, 5.41) is 3.88. The third kappa shape index (κ3) is 4.07. The lowest BCUT2D eigenvalue weighted by atomic mass is 10.1. The van der Waals surface area contributed by atoms with E-state index in [9.17, 15) is 4.79 Å². The first-order valence-corrected chi connectivity index (χ1v) is 10.7. The lowest BCUT2D eigenvalue weighted by molar-refractivity contribution is -0.117. The highest BCUT2D eigenvalue weighted by Crippen LogP contribution is 2.43. The first-order chi connectivity index (χ1) is 15.0. The van der Waals surface area contributed by atoms with Crippen LogP contribution < -0.4 is 14.8 Å². The Bertz CT molecular complexity index is 1130. The van der Waals surface area contributed by atoms with Crippen LogP contribution in [0.5, 0.6) is 11.6 Å². The highest BCUT2D eigenvalue weighted by atomic mass is 16.5. The molecule has 31 heavy (non-hydrogen) atoms. The lowest BCUT2D eigenvalue weighted by Gasteiger charge is -2.13. The minimum absolute atomic E-state index is 0. The molecule has 0 bridgehead atoms. The monoisotopic (exact) mass is 425 g/mol. The average molecular weight is 426 g/mol. The molecular weight excluding hydrogens is 394 g/mol. The van der Waals surface area contributed by atoms with Gasteiger partial charge in [-0.05, 0) is 57.5 Å². The number of carbonyl (C=O) groups is 1. The number of amides is 1. The van der Waals surface area contributed by atoms with Crippen LogP contribution >= 0.6 is 0 Å². The number of carbonyl (C=O) groups excluding carboxylic acids is 1. The normalized spacial score (nSPS) is 20.1. The molecule has 0 aromatic carbocycles. The van der Waals surface area contributed by atoms with Crippen molar-refractivity contribution in [1.82, 2.24) is 19.9 Å². The Labute approximate surface area is 183 Å². The van der Waals surface area contributed by atoms with Gasteiger partial charge in [-0.2, -0.15) is 0 Å². The molecular formula is C23H31N5O3. The maximum atomic E-state index is 12.5. The molecule has 3 aromatic heterocycles. The van der Waals surface area contributed by atoms with Crippen molar-refractivity contribution in [2.75, 3.05) is 33.1 Å². The first-order valence-electron chi connectivity index (χ1n) is 10.7. The van der Waals surface area contributed by atoms with Gasteiger partial charge in [0.2, 0.25) is 11.8 Å². The van der Waals surface area contributed by atoms with Gasteiger partial charge in [-0.1, -0.05) is 0 Å². The molecule has 2 saturated carbocycles. The van der Waals surface area contributed by atoms with Gasteiger partial charge in [0, 0.05) is 38.7 Å². The molecule has 2 fully saturated rings. The number of aromatic nitrogens is 3. The van der Waals surface area contributed by atoms with Gasteiger partial charge >= 0.3 is 0 Å². The standard InChI is InChI=1S/C23H27N5O3.2H2/c1-28(2)12-13-10-16(13)22(29)27-19-7-6-15-17(11-25-21(15)26-19)20-18(31-14-4-5-14)8-9-24-23(20)30-3;;/h6-9,11,13-14,16H,4-5,10,12H2,1-3H3,(H2,25,26,27,29);2*1H/t13-,16+;;/m0../s1. The average Bonchev–Trinajstić information content (AvgIpc) is 3.66. The van der Waals surface area contributed by atoms with Crippen molar-refractivity contribution in [3.05, 3.63) is 30.6 Å². The van der Waals surface area contributed by atoms with Crippen LogP contribution in [0.15, 0.2) is 30.6 Å². The van der Waals surface area contributed by atoms with Crippen molar-refractivity contribution in [3.8, 4) is 22.8 Å². The molecule has 8 nitrogen and oxygen atoms in total. The van der Waals surface area contributed by atoms with Crippen LogP contribution in [0.1, 0.15) is 22.1 Å². The van der Waals surface area contributed by atoms with E-state index in [1.54, 1.807) is 13.3 Å². The number of nitrogens with one attached hydrogen (secondary N) is 2. The Morgan fingerprint density at radius 3 is 2.90 bits per heavy atom. The van der Waals surface area contributed by atoms with E-state index in [4.69, 9.17) is 9.47 Å². The molecule has 0 unspecified atom stereocenters. The number of methoxy groups -OCH3 is 1. The van der Waals surface area contributed by atoms with Gasteiger partial charge in [0.1, 0.15) is 17.2 Å². The molecule has 0 aliphatic heterocycles. The summed E-state index contributed by atoms with van der Waals surface area (Å²) in [5.74, 6) is 2.36. The van der Waals surface area contributed by atoms with E-state index >= 15 is 0 Å². The highest BCUT2D eigenvalue weighted by molar-refractivity contribution is 5.99. The van der Waals surface area contributed by atoms with Crippen LogP contribution in [0.3, 0.4) is 0 Å². The predicted octanol–water partition coefficient (Wildman–Crippen LogP) is 3.80. The molecule has 0 radical (unpaired) electrons. The van der Waals surface area contributed by atoms with E-state index in [2.05, 4.69) is 25.2 Å². The smallest absolute Gasteiger partial charge is 0.228 e. The summed E-state index contributed by atoms with van der Waals surface area (Å²) < 4.78 is 11.6. The Morgan fingerprint density at radius 1 is 1.32 bits per heavy atom. The van der Waals surface area contributed by atoms with Crippen LogP contribution in [0.4, 0.5) is 5.82 Å². The van der Waals surface area contributed by atoms with Crippen molar-refractivity contribution in [1.29, 1.82) is 0 Å². The fraction of sp³-hybridized carbons (Fsp3) is 0.435. The van der Waals surface area contributed by atoms with Crippen molar-refractivity contribution < 1.29 is 17.1 Å². The molecule has 3 aromatic rings. The number of rotatable bonds is 8. The fourth-order valence-corrected chi connectivity index (χ4v) is 4.03. The summed E-state index contributed by atoms with van der Waals surface area (Å²) in [6.45, 7) is 0.933. The van der Waals surface area contributed by atoms with Gasteiger partial charge in [0.15, 0.2) is 0 Å². The van der Waals surface area contributed by atoms with Crippen LogP contribution in [0.25, 0.3) is 22.2 Å². The minimum Gasteiger partial charge on any atom is -0.490 e. The zero-order valence-corrected chi connectivity index (χ0v) is 18.0. The quantitative estimate of drug-likeness (QED) is 0.570. The molecule has 8 heteroatoms. The van der Waals surface area contributed by atoms with Gasteiger partial charge in [-0.3, -0.25) is 4.79 Å². The third-order valence-corrected chi connectivity index (χ3v) is 5.81. The fourth-order valence-electron chi connectivity index (χ4n) is 4.03. The molecule has 0 spiro atoms. The molecule has 2 aliphatic carbocycles. The van der Waals surface area contributed by atoms with E-state index in [-0.39, 0.29) is 20.8 Å². The molecule has 3 heterocycles. The Balaban J connectivity index is 0.00000153. The summed E-state index contributed by atoms with van der Waals surface area (Å²) in [7, 11) is 5.67. The van der Waals surface area contributed by atoms with E-state index in [1.807, 2.05) is 38.5 Å². The summed E-state index contributed by atoms with van der Waals surface area (Å²) in [5.41, 5.74) is 2.41. The maximum absolute atomic E-state index is 12.5. The second kappa shape index (κ2) is 7.85. The first kappa shape index (κ1) is 19.8. The van der Waals surface area contributed by atoms with E-state index in [0.717, 1.165) is 48.1 Å². The Morgan fingerprint density at radius 2 is 2.16 bits per heavy atom. The van der Waals surface area contributed by atoms with Crippen molar-refractivity contribution in [3.63, 3.8) is 0 Å². The highest BCUT2D eigenvalue weighted by Gasteiger charge is 2.43. The van der Waals surface area contributed by atoms with Crippen molar-refractivity contribution >= 4 is 22.8 Å².